The molecule has 15 heavy (non-hydrogen) atoms. The van der Waals surface area contributed by atoms with Crippen LogP contribution in [0.2, 0.25) is 0 Å². The summed E-state index contributed by atoms with van der Waals surface area (Å²) in [4.78, 5) is 12.8. The van der Waals surface area contributed by atoms with Crippen molar-refractivity contribution >= 4 is 5.82 Å². The Balaban J connectivity index is 3.42. The van der Waals surface area contributed by atoms with E-state index in [0.29, 0.717) is 0 Å². The number of nitro groups is 1. The molecule has 82 valence electrons. The van der Waals surface area contributed by atoms with Gasteiger partial charge in [-0.05, 0) is 28.5 Å². The SMILES string of the molecule is Cc1cc(CO)nc([N+](=O)[O-])c1C(F)F. The average Bonchev–Trinajstić information content (AvgIpc) is 2.15. The van der Waals surface area contributed by atoms with Crippen LogP contribution in [-0.2, 0) is 6.61 Å². The van der Waals surface area contributed by atoms with Gasteiger partial charge in [0.15, 0.2) is 5.69 Å². The van der Waals surface area contributed by atoms with Gasteiger partial charge in [-0.15, -0.1) is 0 Å². The van der Waals surface area contributed by atoms with E-state index >= 15 is 0 Å². The summed E-state index contributed by atoms with van der Waals surface area (Å²) in [5, 5.41) is 19.2. The van der Waals surface area contributed by atoms with E-state index in [2.05, 4.69) is 4.98 Å². The maximum Gasteiger partial charge on any atom is 0.373 e. The van der Waals surface area contributed by atoms with Crippen LogP contribution in [0.1, 0.15) is 23.2 Å². The maximum atomic E-state index is 12.5. The van der Waals surface area contributed by atoms with Crippen molar-refractivity contribution in [1.29, 1.82) is 0 Å². The Kier molecular flexibility index (Phi) is 3.25. The van der Waals surface area contributed by atoms with Crippen LogP contribution in [0.3, 0.4) is 0 Å². The molecule has 0 amide bonds. The highest BCUT2D eigenvalue weighted by Gasteiger charge is 2.26. The molecule has 0 radical (unpaired) electrons. The normalized spacial score (nSPS) is 10.7. The lowest BCUT2D eigenvalue weighted by Gasteiger charge is -2.05. The van der Waals surface area contributed by atoms with Gasteiger partial charge in [-0.25, -0.2) is 8.78 Å². The van der Waals surface area contributed by atoms with E-state index in [9.17, 15) is 18.9 Å². The van der Waals surface area contributed by atoms with E-state index in [1.807, 2.05) is 0 Å². The van der Waals surface area contributed by atoms with Crippen LogP contribution in [0.25, 0.3) is 0 Å². The number of hydrogen-bond donors (Lipinski definition) is 1. The van der Waals surface area contributed by atoms with Crippen molar-refractivity contribution < 1.29 is 18.8 Å². The first kappa shape index (κ1) is 11.4. The van der Waals surface area contributed by atoms with Crippen LogP contribution in [0.4, 0.5) is 14.6 Å². The molecule has 0 saturated carbocycles. The molecule has 1 rings (SSSR count). The van der Waals surface area contributed by atoms with Gasteiger partial charge in [-0.1, -0.05) is 0 Å². The zero-order valence-electron chi connectivity index (χ0n) is 7.78. The second-order valence-corrected chi connectivity index (χ2v) is 2.88. The third-order valence-corrected chi connectivity index (χ3v) is 1.85. The van der Waals surface area contributed by atoms with Gasteiger partial charge < -0.3 is 15.2 Å². The Morgan fingerprint density at radius 2 is 2.27 bits per heavy atom. The summed E-state index contributed by atoms with van der Waals surface area (Å²) in [6.07, 6.45) is -2.95. The Labute approximate surface area is 83.5 Å². The van der Waals surface area contributed by atoms with Crippen molar-refractivity contribution in [3.05, 3.63) is 33.0 Å². The Bertz CT molecular complexity index is 396. The summed E-state index contributed by atoms with van der Waals surface area (Å²) in [5.41, 5.74) is -0.642. The topological polar surface area (TPSA) is 76.3 Å². The van der Waals surface area contributed by atoms with Gasteiger partial charge in [0.2, 0.25) is 0 Å². The molecule has 0 saturated heterocycles. The molecule has 0 aliphatic rings. The summed E-state index contributed by atoms with van der Waals surface area (Å²) in [7, 11) is 0. The van der Waals surface area contributed by atoms with Crippen molar-refractivity contribution in [1.82, 2.24) is 4.98 Å². The number of aromatic nitrogens is 1. The van der Waals surface area contributed by atoms with Gasteiger partial charge in [0.25, 0.3) is 6.43 Å². The summed E-state index contributed by atoms with van der Waals surface area (Å²) in [5.74, 6) is -0.894. The van der Waals surface area contributed by atoms with Gasteiger partial charge >= 0.3 is 5.82 Å². The van der Waals surface area contributed by atoms with Crippen LogP contribution in [0, 0.1) is 17.0 Å². The lowest BCUT2D eigenvalue weighted by atomic mass is 10.1. The molecule has 1 aromatic rings. The van der Waals surface area contributed by atoms with E-state index in [0.717, 1.165) is 0 Å². The number of halogens is 2. The predicted molar refractivity (Wildman–Crippen MR) is 46.5 cm³/mol. The zero-order chi connectivity index (χ0) is 11.6. The molecular formula is C8H8F2N2O3. The summed E-state index contributed by atoms with van der Waals surface area (Å²) >= 11 is 0. The molecule has 0 spiro atoms. The fourth-order valence-corrected chi connectivity index (χ4v) is 1.22. The van der Waals surface area contributed by atoms with Crippen molar-refractivity contribution in [2.24, 2.45) is 0 Å². The second kappa shape index (κ2) is 4.26. The molecule has 0 aliphatic heterocycles. The molecular weight excluding hydrogens is 210 g/mol. The third kappa shape index (κ3) is 2.24. The summed E-state index contributed by atoms with van der Waals surface area (Å²) in [6.45, 7) is 0.792. The number of aliphatic hydroxyl groups is 1. The standard InChI is InChI=1S/C8H8F2N2O3/c1-4-2-5(3-13)11-8(12(14)15)6(4)7(9)10/h2,7,13H,3H2,1H3. The highest BCUT2D eigenvalue weighted by atomic mass is 19.3. The molecule has 1 aromatic heterocycles. The van der Waals surface area contributed by atoms with E-state index in [1.54, 1.807) is 0 Å². The largest absolute Gasteiger partial charge is 0.388 e. The molecule has 7 heteroatoms. The Hall–Kier alpha value is -1.63. The first-order valence-electron chi connectivity index (χ1n) is 4.01. The number of rotatable bonds is 3. The minimum absolute atomic E-state index is 0.00333. The minimum atomic E-state index is -2.95. The molecule has 0 aliphatic carbocycles. The molecule has 0 bridgehead atoms. The summed E-state index contributed by atoms with van der Waals surface area (Å²) in [6, 6.07) is 1.20. The maximum absolute atomic E-state index is 12.5. The van der Waals surface area contributed by atoms with E-state index in [-0.39, 0.29) is 11.3 Å². The van der Waals surface area contributed by atoms with Crippen LogP contribution < -0.4 is 0 Å². The van der Waals surface area contributed by atoms with E-state index < -0.39 is 29.3 Å². The first-order valence-corrected chi connectivity index (χ1v) is 4.01. The Morgan fingerprint density at radius 3 is 2.67 bits per heavy atom. The number of aliphatic hydroxyl groups excluding tert-OH is 1. The van der Waals surface area contributed by atoms with Crippen molar-refractivity contribution in [3.8, 4) is 0 Å². The second-order valence-electron chi connectivity index (χ2n) is 2.88. The van der Waals surface area contributed by atoms with Crippen LogP contribution in [0.15, 0.2) is 6.07 Å². The van der Waals surface area contributed by atoms with Crippen LogP contribution in [-0.4, -0.2) is 15.0 Å². The minimum Gasteiger partial charge on any atom is -0.388 e. The van der Waals surface area contributed by atoms with Crippen molar-refractivity contribution in [2.75, 3.05) is 0 Å². The molecule has 0 atom stereocenters. The number of nitrogens with zero attached hydrogens (tertiary/aromatic N) is 2. The highest BCUT2D eigenvalue weighted by Crippen LogP contribution is 2.30. The average molecular weight is 218 g/mol. The van der Waals surface area contributed by atoms with Crippen molar-refractivity contribution in [3.63, 3.8) is 0 Å². The van der Waals surface area contributed by atoms with Gasteiger partial charge in [-0.2, -0.15) is 0 Å². The predicted octanol–water partition coefficient (Wildman–Crippen LogP) is 1.73. The fourth-order valence-electron chi connectivity index (χ4n) is 1.22. The highest BCUT2D eigenvalue weighted by molar-refractivity contribution is 5.41. The number of hydrogen-bond acceptors (Lipinski definition) is 4. The van der Waals surface area contributed by atoms with Crippen LogP contribution in [0.5, 0.6) is 0 Å². The van der Waals surface area contributed by atoms with E-state index in [4.69, 9.17) is 5.11 Å². The molecule has 0 fully saturated rings. The Morgan fingerprint density at radius 1 is 1.67 bits per heavy atom. The first-order chi connectivity index (χ1) is 6.97. The van der Waals surface area contributed by atoms with Crippen molar-refractivity contribution in [2.45, 2.75) is 20.0 Å². The van der Waals surface area contributed by atoms with Crippen LogP contribution >= 0.6 is 0 Å². The quantitative estimate of drug-likeness (QED) is 0.619. The number of alkyl halides is 2. The van der Waals surface area contributed by atoms with Gasteiger partial charge in [0.05, 0.1) is 0 Å². The monoisotopic (exact) mass is 218 g/mol. The molecule has 1 heterocycles. The van der Waals surface area contributed by atoms with Gasteiger partial charge in [0, 0.05) is 0 Å². The lowest BCUT2D eigenvalue weighted by Crippen LogP contribution is -2.04. The number of pyridine rings is 1. The van der Waals surface area contributed by atoms with Gasteiger partial charge in [-0.3, -0.25) is 0 Å². The fraction of sp³-hybridized carbons (Fsp3) is 0.375. The zero-order valence-corrected chi connectivity index (χ0v) is 7.78. The lowest BCUT2D eigenvalue weighted by molar-refractivity contribution is -0.391. The van der Waals surface area contributed by atoms with Gasteiger partial charge in [0.1, 0.15) is 12.2 Å². The van der Waals surface area contributed by atoms with E-state index in [1.165, 1.54) is 13.0 Å². The molecule has 0 unspecified atom stereocenters. The smallest absolute Gasteiger partial charge is 0.373 e. The molecule has 0 aromatic carbocycles. The molecule has 1 N–H and O–H groups in total. The third-order valence-electron chi connectivity index (χ3n) is 1.85. The number of aryl methyl sites for hydroxylation is 1. The summed E-state index contributed by atoms with van der Waals surface area (Å²) < 4.78 is 25.0. The molecule has 5 nitrogen and oxygen atoms in total.